The smallest absolute Gasteiger partial charge is 0.292 e. The molecule has 0 aromatic heterocycles. The highest BCUT2D eigenvalue weighted by Crippen LogP contribution is 2.39. The van der Waals surface area contributed by atoms with Crippen LogP contribution in [0, 0.1) is 0 Å². The van der Waals surface area contributed by atoms with Crippen molar-refractivity contribution in [2.45, 2.75) is 0 Å². The molecular weight excluding hydrogens is 492 g/mol. The third-order valence-electron chi connectivity index (χ3n) is 5.30. The summed E-state index contributed by atoms with van der Waals surface area (Å²) in [6, 6.07) is 32.4. The van der Waals surface area contributed by atoms with E-state index in [-0.39, 0.29) is 0 Å². The van der Waals surface area contributed by atoms with Gasteiger partial charge in [-0.1, -0.05) is 52.3 Å². The van der Waals surface area contributed by atoms with Crippen molar-refractivity contribution in [3.63, 3.8) is 0 Å². The largest absolute Gasteiger partial charge is 0.493 e. The molecule has 0 amide bonds. The van der Waals surface area contributed by atoms with Gasteiger partial charge >= 0.3 is 0 Å². The monoisotopic (exact) mass is 517 g/mol. The quantitative estimate of drug-likeness (QED) is 0.165. The summed E-state index contributed by atoms with van der Waals surface area (Å²) in [7, 11) is 4.84. The summed E-state index contributed by atoms with van der Waals surface area (Å²) in [6.07, 6.45) is 0. The van der Waals surface area contributed by atoms with Gasteiger partial charge in [-0.05, 0) is 60.7 Å². The van der Waals surface area contributed by atoms with Gasteiger partial charge in [0.15, 0.2) is 11.5 Å². The maximum Gasteiger partial charge on any atom is 0.292 e. The second kappa shape index (κ2) is 10.9. The van der Waals surface area contributed by atoms with Crippen LogP contribution in [-0.2, 0) is 0 Å². The lowest BCUT2D eigenvalue weighted by Gasteiger charge is -2.17. The summed E-state index contributed by atoms with van der Waals surface area (Å²) >= 11 is 3.52. The average Bonchev–Trinajstić information content (AvgIpc) is 2.89. The van der Waals surface area contributed by atoms with E-state index in [1.165, 1.54) is 0 Å². The average molecular weight is 518 g/mol. The Balaban J connectivity index is 2.04. The van der Waals surface area contributed by atoms with Crippen LogP contribution >= 0.6 is 15.9 Å². The molecule has 0 saturated carbocycles. The molecule has 0 aliphatic carbocycles. The highest BCUT2D eigenvalue weighted by atomic mass is 79.9. The molecule has 0 radical (unpaired) electrons. The number of hydrogen-bond donors (Lipinski definition) is 1. The minimum atomic E-state index is 0.544. The van der Waals surface area contributed by atoms with Crippen LogP contribution in [0.4, 0.5) is 17.1 Å². The normalized spacial score (nSPS) is 10.4. The third kappa shape index (κ3) is 5.07. The summed E-state index contributed by atoms with van der Waals surface area (Å²) in [4.78, 5) is 0. The van der Waals surface area contributed by atoms with Crippen LogP contribution in [0.3, 0.4) is 0 Å². The first-order chi connectivity index (χ1) is 16.6. The molecule has 4 rings (SSSR count). The van der Waals surface area contributed by atoms with Gasteiger partial charge in [0, 0.05) is 4.47 Å². The lowest BCUT2D eigenvalue weighted by molar-refractivity contribution is 0.324. The molecule has 4 aromatic rings. The number of nitrogens with zero attached hydrogens (tertiary/aromatic N) is 1. The summed E-state index contributed by atoms with van der Waals surface area (Å²) in [6.45, 7) is 0. The Bertz CT molecular complexity index is 1210. The van der Waals surface area contributed by atoms with E-state index in [1.807, 2.05) is 72.8 Å². The Labute approximate surface area is 208 Å². The van der Waals surface area contributed by atoms with Crippen molar-refractivity contribution in [2.24, 2.45) is 0 Å². The van der Waals surface area contributed by atoms with Gasteiger partial charge in [-0.15, -0.1) is 0 Å². The lowest BCUT2D eigenvalue weighted by atomic mass is 10.1. The lowest BCUT2D eigenvalue weighted by Crippen LogP contribution is -2.26. The highest BCUT2D eigenvalue weighted by Gasteiger charge is 2.25. The Morgan fingerprint density at radius 1 is 0.676 bits per heavy atom. The van der Waals surface area contributed by atoms with E-state index in [0.29, 0.717) is 17.2 Å². The molecule has 0 atom stereocenters. The summed E-state index contributed by atoms with van der Waals surface area (Å²) in [5.41, 5.74) is 3.80. The summed E-state index contributed by atoms with van der Waals surface area (Å²) < 4.78 is 20.0. The van der Waals surface area contributed by atoms with Gasteiger partial charge in [0.25, 0.3) is 5.84 Å². The predicted octanol–water partition coefficient (Wildman–Crippen LogP) is 6.87. The molecule has 0 unspecified atom stereocenters. The number of hydrogen-bond acceptors (Lipinski definition) is 3. The molecule has 0 saturated heterocycles. The number of anilines is 1. The Morgan fingerprint density at radius 3 is 1.62 bits per heavy atom. The van der Waals surface area contributed by atoms with Crippen molar-refractivity contribution in [3.05, 3.63) is 107 Å². The topological polar surface area (TPSA) is 42.7 Å². The van der Waals surface area contributed by atoms with Gasteiger partial charge < -0.3 is 14.2 Å². The van der Waals surface area contributed by atoms with Crippen LogP contribution in [0.5, 0.6) is 17.2 Å². The van der Waals surface area contributed by atoms with Crippen LogP contribution in [0.15, 0.2) is 102 Å². The summed E-state index contributed by atoms with van der Waals surface area (Å²) in [5.74, 6) is 2.53. The molecule has 0 spiro atoms. The molecule has 4 aromatic carbocycles. The van der Waals surface area contributed by atoms with E-state index in [9.17, 15) is 0 Å². The highest BCUT2D eigenvalue weighted by molar-refractivity contribution is 9.10. The second-order valence-electron chi connectivity index (χ2n) is 7.40. The number of nitrogens with one attached hydrogen (secondary N) is 1. The number of amidine groups is 1. The fraction of sp³-hybridized carbons (Fsp3) is 0.107. The van der Waals surface area contributed by atoms with E-state index >= 15 is 0 Å². The molecule has 34 heavy (non-hydrogen) atoms. The van der Waals surface area contributed by atoms with Crippen molar-refractivity contribution >= 4 is 38.8 Å². The van der Waals surface area contributed by atoms with Gasteiger partial charge in [0.2, 0.25) is 5.75 Å². The molecule has 0 heterocycles. The van der Waals surface area contributed by atoms with Crippen molar-refractivity contribution in [1.82, 2.24) is 4.58 Å². The van der Waals surface area contributed by atoms with E-state index in [2.05, 4.69) is 50.1 Å². The predicted molar refractivity (Wildman–Crippen MR) is 142 cm³/mol. The standard InChI is InChI=1S/C28H25BrN2O3/c1-32-25-18-20(19-26(33-2)27(25)34-3)28(30-22-16-14-21(29)15-17-22)31(23-10-6-4-7-11-23)24-12-8-5-9-13-24/h4-19H,1-3H3/p+1. The van der Waals surface area contributed by atoms with Crippen molar-refractivity contribution in [3.8, 4) is 17.2 Å². The van der Waals surface area contributed by atoms with Crippen LogP contribution < -0.4 is 24.1 Å². The minimum Gasteiger partial charge on any atom is -0.493 e. The van der Waals surface area contributed by atoms with Gasteiger partial charge in [0.05, 0.1) is 26.9 Å². The first kappa shape index (κ1) is 23.4. The molecule has 0 fully saturated rings. The van der Waals surface area contributed by atoms with Gasteiger partial charge in [-0.3, -0.25) is 0 Å². The molecule has 6 heteroatoms. The SMILES string of the molecule is COc1cc(C(Nc2ccc(Br)cc2)=[N+](c2ccccc2)c2ccccc2)cc(OC)c1OC. The molecule has 0 aliphatic heterocycles. The molecule has 5 nitrogen and oxygen atoms in total. The number of ether oxygens (including phenoxy) is 3. The first-order valence-corrected chi connectivity index (χ1v) is 11.5. The first-order valence-electron chi connectivity index (χ1n) is 10.7. The van der Waals surface area contributed by atoms with Crippen LogP contribution in [0.1, 0.15) is 5.56 Å². The van der Waals surface area contributed by atoms with Crippen molar-refractivity contribution < 1.29 is 14.2 Å². The maximum absolute atomic E-state index is 5.66. The number of para-hydroxylation sites is 2. The van der Waals surface area contributed by atoms with E-state index in [1.54, 1.807) is 21.3 Å². The molecule has 172 valence electrons. The fourth-order valence-electron chi connectivity index (χ4n) is 3.71. The zero-order valence-electron chi connectivity index (χ0n) is 19.3. The number of methoxy groups -OCH3 is 3. The Kier molecular flexibility index (Phi) is 7.50. The Hall–Kier alpha value is -3.77. The van der Waals surface area contributed by atoms with E-state index in [0.717, 1.165) is 32.9 Å². The van der Waals surface area contributed by atoms with Crippen LogP contribution in [-0.4, -0.2) is 27.2 Å². The zero-order valence-corrected chi connectivity index (χ0v) is 20.9. The molecule has 1 N–H and O–H groups in total. The number of benzene rings is 4. The van der Waals surface area contributed by atoms with Gasteiger partial charge in [-0.25, -0.2) is 5.32 Å². The Morgan fingerprint density at radius 2 is 1.18 bits per heavy atom. The maximum atomic E-state index is 5.66. The third-order valence-corrected chi connectivity index (χ3v) is 5.83. The zero-order chi connectivity index (χ0) is 23.9. The number of rotatable bonds is 7. The van der Waals surface area contributed by atoms with Crippen LogP contribution in [0.25, 0.3) is 0 Å². The molecule has 0 bridgehead atoms. The van der Waals surface area contributed by atoms with E-state index < -0.39 is 0 Å². The van der Waals surface area contributed by atoms with Crippen molar-refractivity contribution in [2.75, 3.05) is 26.6 Å². The minimum absolute atomic E-state index is 0.544. The second-order valence-corrected chi connectivity index (χ2v) is 8.32. The van der Waals surface area contributed by atoms with Crippen LogP contribution in [0.2, 0.25) is 0 Å². The van der Waals surface area contributed by atoms with Gasteiger partial charge in [-0.2, -0.15) is 4.58 Å². The molecule has 0 aliphatic rings. The van der Waals surface area contributed by atoms with Gasteiger partial charge in [0.1, 0.15) is 17.1 Å². The summed E-state index contributed by atoms with van der Waals surface area (Å²) in [5, 5.41) is 3.63. The van der Waals surface area contributed by atoms with Crippen molar-refractivity contribution in [1.29, 1.82) is 0 Å². The molecular formula is C28H26BrN2O3+. The van der Waals surface area contributed by atoms with E-state index in [4.69, 9.17) is 14.2 Å². The number of halogens is 1. The fourth-order valence-corrected chi connectivity index (χ4v) is 3.97.